The molecule has 0 unspecified atom stereocenters. The van der Waals surface area contributed by atoms with Gasteiger partial charge in [-0.15, -0.1) is 0 Å². The minimum atomic E-state index is 0.354. The first-order valence-electron chi connectivity index (χ1n) is 6.58. The number of anilines is 1. The average molecular weight is 252 g/mol. The van der Waals surface area contributed by atoms with Gasteiger partial charge in [0.25, 0.3) is 0 Å². The van der Waals surface area contributed by atoms with Crippen molar-refractivity contribution in [1.82, 2.24) is 15.3 Å². The summed E-state index contributed by atoms with van der Waals surface area (Å²) in [6.07, 6.45) is 4.74. The second-order valence-electron chi connectivity index (χ2n) is 4.44. The molecule has 1 aromatic heterocycles. The Morgan fingerprint density at radius 1 is 1.28 bits per heavy atom. The molecule has 0 amide bonds. The molecular formula is C13H24N4O. The normalized spacial score (nSPS) is 10.9. The van der Waals surface area contributed by atoms with Gasteiger partial charge in [-0.05, 0) is 33.7 Å². The Hall–Kier alpha value is -1.20. The summed E-state index contributed by atoms with van der Waals surface area (Å²) in [5.41, 5.74) is 1.10. The van der Waals surface area contributed by atoms with Crippen molar-refractivity contribution in [2.75, 3.05) is 25.1 Å². The van der Waals surface area contributed by atoms with Crippen LogP contribution >= 0.6 is 0 Å². The highest BCUT2D eigenvalue weighted by Crippen LogP contribution is 2.01. The van der Waals surface area contributed by atoms with Crippen LogP contribution in [-0.4, -0.2) is 35.8 Å². The van der Waals surface area contributed by atoms with E-state index in [1.54, 1.807) is 0 Å². The van der Waals surface area contributed by atoms with E-state index in [0.29, 0.717) is 12.0 Å². The molecule has 0 bridgehead atoms. The number of ether oxygens (including phenoxy) is 1. The summed E-state index contributed by atoms with van der Waals surface area (Å²) in [6, 6.07) is 0.354. The van der Waals surface area contributed by atoms with E-state index >= 15 is 0 Å². The van der Waals surface area contributed by atoms with E-state index in [2.05, 4.69) is 34.4 Å². The highest BCUT2D eigenvalue weighted by molar-refractivity contribution is 5.25. The van der Waals surface area contributed by atoms with Crippen molar-refractivity contribution in [3.8, 4) is 0 Å². The molecule has 0 radical (unpaired) electrons. The first-order valence-corrected chi connectivity index (χ1v) is 6.58. The number of nitrogens with zero attached hydrogens (tertiary/aromatic N) is 2. The van der Waals surface area contributed by atoms with Crippen LogP contribution in [0.25, 0.3) is 0 Å². The second kappa shape index (κ2) is 8.83. The summed E-state index contributed by atoms with van der Waals surface area (Å²) in [7, 11) is 0. The smallest absolute Gasteiger partial charge is 0.222 e. The van der Waals surface area contributed by atoms with Crippen molar-refractivity contribution in [2.24, 2.45) is 0 Å². The predicted octanol–water partition coefficient (Wildman–Crippen LogP) is 1.81. The van der Waals surface area contributed by atoms with Gasteiger partial charge < -0.3 is 15.4 Å². The Morgan fingerprint density at radius 2 is 2.00 bits per heavy atom. The lowest BCUT2D eigenvalue weighted by atomic mass is 10.3. The Balaban J connectivity index is 2.18. The molecule has 0 aliphatic carbocycles. The molecule has 0 saturated heterocycles. The number of nitrogens with one attached hydrogen (secondary N) is 2. The number of aromatic nitrogens is 2. The van der Waals surface area contributed by atoms with E-state index in [1.807, 2.05) is 19.3 Å². The van der Waals surface area contributed by atoms with Crippen LogP contribution in [0.2, 0.25) is 0 Å². The summed E-state index contributed by atoms with van der Waals surface area (Å²) in [4.78, 5) is 8.52. The Kier molecular flexibility index (Phi) is 7.29. The zero-order chi connectivity index (χ0) is 13.2. The van der Waals surface area contributed by atoms with Gasteiger partial charge in [-0.3, -0.25) is 0 Å². The van der Waals surface area contributed by atoms with E-state index in [4.69, 9.17) is 4.74 Å². The number of hydrogen-bond donors (Lipinski definition) is 2. The molecule has 0 aliphatic rings. The largest absolute Gasteiger partial charge is 0.382 e. The molecular weight excluding hydrogens is 228 g/mol. The fraction of sp³-hybridized carbons (Fsp3) is 0.692. The van der Waals surface area contributed by atoms with E-state index in [0.717, 1.165) is 38.3 Å². The number of hydrogen-bond acceptors (Lipinski definition) is 5. The van der Waals surface area contributed by atoms with Crippen LogP contribution < -0.4 is 10.6 Å². The molecule has 1 rings (SSSR count). The maximum Gasteiger partial charge on any atom is 0.222 e. The standard InChI is InChI=1S/C13H24N4O/c1-4-18-7-5-6-14-8-12-9-15-13(16-10-12)17-11(2)3/h9-11,14H,4-8H2,1-3H3,(H,15,16,17). The highest BCUT2D eigenvalue weighted by atomic mass is 16.5. The highest BCUT2D eigenvalue weighted by Gasteiger charge is 1.99. The van der Waals surface area contributed by atoms with Crippen LogP contribution in [0.3, 0.4) is 0 Å². The van der Waals surface area contributed by atoms with Crippen molar-refractivity contribution in [2.45, 2.75) is 39.8 Å². The molecule has 0 aromatic carbocycles. The maximum absolute atomic E-state index is 5.27. The third kappa shape index (κ3) is 6.51. The van der Waals surface area contributed by atoms with Crippen molar-refractivity contribution < 1.29 is 4.74 Å². The van der Waals surface area contributed by atoms with E-state index in [1.165, 1.54) is 0 Å². The Bertz CT molecular complexity index is 313. The molecule has 5 heteroatoms. The minimum absolute atomic E-state index is 0.354. The Morgan fingerprint density at radius 3 is 2.61 bits per heavy atom. The molecule has 2 N–H and O–H groups in total. The molecule has 0 aliphatic heterocycles. The fourth-order valence-corrected chi connectivity index (χ4v) is 1.46. The molecule has 1 aromatic rings. The average Bonchev–Trinajstić information content (AvgIpc) is 2.35. The summed E-state index contributed by atoms with van der Waals surface area (Å²) in [5.74, 6) is 0.685. The molecule has 102 valence electrons. The Labute approximate surface area is 109 Å². The fourth-order valence-electron chi connectivity index (χ4n) is 1.46. The van der Waals surface area contributed by atoms with Crippen LogP contribution in [0, 0.1) is 0 Å². The summed E-state index contributed by atoms with van der Waals surface area (Å²) < 4.78 is 5.27. The third-order valence-electron chi connectivity index (χ3n) is 2.30. The summed E-state index contributed by atoms with van der Waals surface area (Å²) in [5, 5.41) is 6.50. The van der Waals surface area contributed by atoms with Crippen molar-refractivity contribution in [1.29, 1.82) is 0 Å². The molecule has 5 nitrogen and oxygen atoms in total. The van der Waals surface area contributed by atoms with E-state index < -0.39 is 0 Å². The van der Waals surface area contributed by atoms with Crippen LogP contribution in [0.4, 0.5) is 5.95 Å². The van der Waals surface area contributed by atoms with Crippen molar-refractivity contribution >= 4 is 5.95 Å². The van der Waals surface area contributed by atoms with Gasteiger partial charge in [0.1, 0.15) is 0 Å². The van der Waals surface area contributed by atoms with Crippen LogP contribution in [0.15, 0.2) is 12.4 Å². The van der Waals surface area contributed by atoms with Crippen molar-refractivity contribution in [3.05, 3.63) is 18.0 Å². The summed E-state index contributed by atoms with van der Waals surface area (Å²) in [6.45, 7) is 9.50. The zero-order valence-electron chi connectivity index (χ0n) is 11.6. The van der Waals surface area contributed by atoms with Crippen LogP contribution in [-0.2, 0) is 11.3 Å². The van der Waals surface area contributed by atoms with Crippen LogP contribution in [0.5, 0.6) is 0 Å². The lowest BCUT2D eigenvalue weighted by molar-refractivity contribution is 0.144. The second-order valence-corrected chi connectivity index (χ2v) is 4.44. The van der Waals surface area contributed by atoms with Gasteiger partial charge in [-0.25, -0.2) is 9.97 Å². The molecule has 1 heterocycles. The van der Waals surface area contributed by atoms with Gasteiger partial charge in [0.2, 0.25) is 5.95 Å². The molecule has 18 heavy (non-hydrogen) atoms. The SMILES string of the molecule is CCOCCCNCc1cnc(NC(C)C)nc1. The predicted molar refractivity (Wildman–Crippen MR) is 73.6 cm³/mol. The van der Waals surface area contributed by atoms with E-state index in [9.17, 15) is 0 Å². The first kappa shape index (κ1) is 14.9. The third-order valence-corrected chi connectivity index (χ3v) is 2.30. The lowest BCUT2D eigenvalue weighted by Crippen LogP contribution is -2.17. The quantitative estimate of drug-likeness (QED) is 0.656. The van der Waals surface area contributed by atoms with E-state index in [-0.39, 0.29) is 0 Å². The van der Waals surface area contributed by atoms with Crippen LogP contribution in [0.1, 0.15) is 32.8 Å². The van der Waals surface area contributed by atoms with Crippen molar-refractivity contribution in [3.63, 3.8) is 0 Å². The van der Waals surface area contributed by atoms with Gasteiger partial charge in [-0.2, -0.15) is 0 Å². The lowest BCUT2D eigenvalue weighted by Gasteiger charge is -2.08. The molecule has 0 saturated carbocycles. The van der Waals surface area contributed by atoms with Gasteiger partial charge in [0.15, 0.2) is 0 Å². The first-order chi connectivity index (χ1) is 8.72. The summed E-state index contributed by atoms with van der Waals surface area (Å²) >= 11 is 0. The topological polar surface area (TPSA) is 59.1 Å². The van der Waals surface area contributed by atoms with Gasteiger partial charge >= 0.3 is 0 Å². The molecule has 0 atom stereocenters. The van der Waals surface area contributed by atoms with Gasteiger partial charge in [-0.1, -0.05) is 0 Å². The minimum Gasteiger partial charge on any atom is -0.382 e. The van der Waals surface area contributed by atoms with Gasteiger partial charge in [0, 0.05) is 43.8 Å². The number of rotatable bonds is 9. The monoisotopic (exact) mass is 252 g/mol. The molecule has 0 fully saturated rings. The van der Waals surface area contributed by atoms with Gasteiger partial charge in [0.05, 0.1) is 0 Å². The maximum atomic E-state index is 5.27. The zero-order valence-corrected chi connectivity index (χ0v) is 11.6. The molecule has 0 spiro atoms.